The number of urea groups is 1. The Morgan fingerprint density at radius 1 is 1.58 bits per heavy atom. The van der Waals surface area contributed by atoms with Crippen LogP contribution in [0.2, 0.25) is 0 Å². The number of amides is 2. The van der Waals surface area contributed by atoms with E-state index in [1.165, 1.54) is 17.2 Å². The number of halogens is 2. The van der Waals surface area contributed by atoms with Gasteiger partial charge in [0.05, 0.1) is 11.6 Å². The molecule has 0 aromatic carbocycles. The van der Waals surface area contributed by atoms with E-state index in [-0.39, 0.29) is 6.54 Å². The van der Waals surface area contributed by atoms with Gasteiger partial charge in [-0.3, -0.25) is 10.9 Å². The zero-order valence-corrected chi connectivity index (χ0v) is 11.6. The molecule has 1 aliphatic rings. The van der Waals surface area contributed by atoms with Crippen LogP contribution >= 0.6 is 11.6 Å². The lowest BCUT2D eigenvalue weighted by molar-refractivity contribution is 0.142. The minimum Gasteiger partial charge on any atom is -0.320 e. The number of hydrogen-bond acceptors (Lipinski definition) is 3. The van der Waals surface area contributed by atoms with Gasteiger partial charge in [-0.25, -0.2) is 14.2 Å². The van der Waals surface area contributed by atoms with E-state index in [9.17, 15) is 9.18 Å². The summed E-state index contributed by atoms with van der Waals surface area (Å²) in [7, 11) is 0. The number of hydrogen-bond donors (Lipinski definition) is 2. The molecule has 0 aliphatic carbocycles. The van der Waals surface area contributed by atoms with E-state index in [4.69, 9.17) is 11.6 Å². The Morgan fingerprint density at radius 2 is 2.32 bits per heavy atom. The Hall–Kier alpha value is -1.56. The highest BCUT2D eigenvalue weighted by molar-refractivity contribution is 6.29. The van der Waals surface area contributed by atoms with E-state index < -0.39 is 12.2 Å². The third kappa shape index (κ3) is 5.30. The summed E-state index contributed by atoms with van der Waals surface area (Å²) >= 11 is 5.82. The SMILES string of the molecule is C=CC=N/C(NNC(=O)N1CCCC(F)C1)=C(\C)Cl. The number of likely N-dealkylation sites (tertiary alicyclic amines) is 1. The first-order valence-electron chi connectivity index (χ1n) is 6.01. The smallest absolute Gasteiger partial charge is 0.320 e. The zero-order chi connectivity index (χ0) is 14.3. The summed E-state index contributed by atoms with van der Waals surface area (Å²) in [5.41, 5.74) is 5.05. The predicted octanol–water partition coefficient (Wildman–Crippen LogP) is 2.32. The van der Waals surface area contributed by atoms with Crippen LogP contribution in [0.1, 0.15) is 19.8 Å². The molecule has 1 saturated heterocycles. The van der Waals surface area contributed by atoms with E-state index in [1.807, 2.05) is 0 Å². The first kappa shape index (κ1) is 15.5. The number of allylic oxidation sites excluding steroid dienone is 2. The summed E-state index contributed by atoms with van der Waals surface area (Å²) in [6, 6.07) is -0.397. The molecule has 0 bridgehead atoms. The lowest BCUT2D eigenvalue weighted by atomic mass is 10.1. The van der Waals surface area contributed by atoms with Gasteiger partial charge >= 0.3 is 6.03 Å². The summed E-state index contributed by atoms with van der Waals surface area (Å²) in [5, 5.41) is 0.389. The summed E-state index contributed by atoms with van der Waals surface area (Å²) in [4.78, 5) is 17.2. The summed E-state index contributed by atoms with van der Waals surface area (Å²) in [5.74, 6) is 0.309. The van der Waals surface area contributed by atoms with Crippen LogP contribution in [0, 0.1) is 0 Å². The zero-order valence-electron chi connectivity index (χ0n) is 10.8. The maximum atomic E-state index is 13.2. The Kier molecular flexibility index (Phi) is 6.35. The Labute approximate surface area is 117 Å². The molecule has 0 spiro atoms. The third-order valence-electron chi connectivity index (χ3n) is 2.57. The van der Waals surface area contributed by atoms with Crippen molar-refractivity contribution in [1.29, 1.82) is 0 Å². The van der Waals surface area contributed by atoms with Gasteiger partial charge in [0.25, 0.3) is 0 Å². The number of alkyl halides is 1. The van der Waals surface area contributed by atoms with E-state index in [0.717, 1.165) is 0 Å². The highest BCUT2D eigenvalue weighted by Gasteiger charge is 2.23. The number of carbonyl (C=O) groups is 1. The molecule has 19 heavy (non-hydrogen) atoms. The van der Waals surface area contributed by atoms with Gasteiger partial charge in [0.15, 0.2) is 5.82 Å². The molecule has 1 unspecified atom stereocenters. The van der Waals surface area contributed by atoms with Crippen molar-refractivity contribution in [3.8, 4) is 0 Å². The predicted molar refractivity (Wildman–Crippen MR) is 74.6 cm³/mol. The maximum absolute atomic E-state index is 13.2. The number of nitrogens with one attached hydrogen (secondary N) is 2. The van der Waals surface area contributed by atoms with Crippen LogP contribution in [0.4, 0.5) is 9.18 Å². The maximum Gasteiger partial charge on any atom is 0.336 e. The fraction of sp³-hybridized carbons (Fsp3) is 0.500. The third-order valence-corrected chi connectivity index (χ3v) is 2.75. The molecule has 0 radical (unpaired) electrons. The molecule has 1 aliphatic heterocycles. The van der Waals surface area contributed by atoms with Crippen molar-refractivity contribution in [2.45, 2.75) is 25.9 Å². The molecule has 7 heteroatoms. The van der Waals surface area contributed by atoms with Crippen LogP contribution in [0.3, 0.4) is 0 Å². The Morgan fingerprint density at radius 3 is 2.89 bits per heavy atom. The number of carbonyl (C=O) groups excluding carboxylic acids is 1. The van der Waals surface area contributed by atoms with Crippen molar-refractivity contribution in [3.63, 3.8) is 0 Å². The van der Waals surface area contributed by atoms with Crippen molar-refractivity contribution in [3.05, 3.63) is 23.5 Å². The van der Waals surface area contributed by atoms with Crippen molar-refractivity contribution in [1.82, 2.24) is 15.8 Å². The Balaban J connectivity index is 2.50. The van der Waals surface area contributed by atoms with Crippen molar-refractivity contribution >= 4 is 23.8 Å². The lowest BCUT2D eigenvalue weighted by Gasteiger charge is -2.29. The number of hydrazine groups is 1. The second-order valence-electron chi connectivity index (χ2n) is 4.14. The lowest BCUT2D eigenvalue weighted by Crippen LogP contribution is -2.50. The van der Waals surface area contributed by atoms with Gasteiger partial charge in [0.2, 0.25) is 0 Å². The minimum atomic E-state index is -0.955. The average Bonchev–Trinajstić information content (AvgIpc) is 2.38. The molecule has 5 nitrogen and oxygen atoms in total. The molecule has 2 amide bonds. The van der Waals surface area contributed by atoms with E-state index in [2.05, 4.69) is 22.4 Å². The minimum absolute atomic E-state index is 0.113. The molecule has 1 rings (SSSR count). The van der Waals surface area contributed by atoms with E-state index in [1.54, 1.807) is 6.92 Å². The van der Waals surface area contributed by atoms with E-state index in [0.29, 0.717) is 30.2 Å². The monoisotopic (exact) mass is 288 g/mol. The van der Waals surface area contributed by atoms with Gasteiger partial charge in [-0.2, -0.15) is 0 Å². The first-order valence-corrected chi connectivity index (χ1v) is 6.39. The second-order valence-corrected chi connectivity index (χ2v) is 4.70. The van der Waals surface area contributed by atoms with Crippen LogP contribution in [0.5, 0.6) is 0 Å². The standard InChI is InChI=1S/C12H18ClFN4O/c1-3-6-15-11(9(2)13)16-17-12(19)18-7-4-5-10(14)8-18/h3,6,10,16H,1,4-5,7-8H2,2H3,(H,17,19)/b11-9-,15-6?. The number of piperidine rings is 1. The average molecular weight is 289 g/mol. The molecular formula is C12H18ClFN4O. The van der Waals surface area contributed by atoms with Crippen LogP contribution < -0.4 is 10.9 Å². The normalized spacial score (nSPS) is 21.0. The molecule has 2 N–H and O–H groups in total. The van der Waals surface area contributed by atoms with Crippen LogP contribution in [0.15, 0.2) is 28.5 Å². The summed E-state index contributed by atoms with van der Waals surface area (Å²) in [6.45, 7) is 5.78. The first-order chi connectivity index (χ1) is 9.04. The molecule has 1 fully saturated rings. The number of aliphatic imine (C=N–C) groups is 1. The van der Waals surface area contributed by atoms with Crippen molar-refractivity contribution in [2.24, 2.45) is 4.99 Å². The molecule has 0 aromatic rings. The number of nitrogens with zero attached hydrogens (tertiary/aromatic N) is 2. The van der Waals surface area contributed by atoms with Gasteiger partial charge in [0.1, 0.15) is 6.17 Å². The highest BCUT2D eigenvalue weighted by Crippen LogP contribution is 2.12. The number of rotatable bonds is 4. The molecule has 1 heterocycles. The topological polar surface area (TPSA) is 56.7 Å². The fourth-order valence-electron chi connectivity index (χ4n) is 1.64. The van der Waals surface area contributed by atoms with Gasteiger partial charge < -0.3 is 4.90 Å². The summed E-state index contributed by atoms with van der Waals surface area (Å²) < 4.78 is 13.2. The second kappa shape index (κ2) is 7.78. The molecule has 106 valence electrons. The van der Waals surface area contributed by atoms with Crippen LogP contribution in [-0.2, 0) is 0 Å². The van der Waals surface area contributed by atoms with E-state index >= 15 is 0 Å². The van der Waals surface area contributed by atoms with Gasteiger partial charge in [0, 0.05) is 12.8 Å². The van der Waals surface area contributed by atoms with Crippen molar-refractivity contribution < 1.29 is 9.18 Å². The van der Waals surface area contributed by atoms with Crippen LogP contribution in [0.25, 0.3) is 0 Å². The summed E-state index contributed by atoms with van der Waals surface area (Å²) in [6.07, 6.45) is 3.15. The highest BCUT2D eigenvalue weighted by atomic mass is 35.5. The Bertz CT molecular complexity index is 393. The molecule has 1 atom stereocenters. The molecule has 0 saturated carbocycles. The van der Waals surface area contributed by atoms with Gasteiger partial charge in [-0.05, 0) is 19.8 Å². The largest absolute Gasteiger partial charge is 0.336 e. The van der Waals surface area contributed by atoms with Crippen LogP contribution in [-0.4, -0.2) is 36.4 Å². The fourth-order valence-corrected chi connectivity index (χ4v) is 1.73. The van der Waals surface area contributed by atoms with Gasteiger partial charge in [-0.15, -0.1) is 0 Å². The van der Waals surface area contributed by atoms with Gasteiger partial charge in [-0.1, -0.05) is 24.3 Å². The van der Waals surface area contributed by atoms with Crippen molar-refractivity contribution in [2.75, 3.05) is 13.1 Å². The molecule has 0 aromatic heterocycles. The molecular weight excluding hydrogens is 271 g/mol. The quantitative estimate of drug-likeness (QED) is 0.616.